The maximum absolute atomic E-state index is 13.7. The number of hydrogen-bond donors (Lipinski definition) is 1. The highest BCUT2D eigenvalue weighted by Gasteiger charge is 2.25. The van der Waals surface area contributed by atoms with Gasteiger partial charge in [0.1, 0.15) is 11.5 Å². The number of aryl methyl sites for hydroxylation is 2. The number of nitrogens with zero attached hydrogens (tertiary/aromatic N) is 1. The second-order valence-corrected chi connectivity index (χ2v) is 14.2. The monoisotopic (exact) mass is 650 g/mol. The fourth-order valence-corrected chi connectivity index (χ4v) is 7.18. The average molecular weight is 651 g/mol. The number of sulfonamides is 2. The molecule has 0 aliphatic carbocycles. The van der Waals surface area contributed by atoms with Crippen molar-refractivity contribution in [3.8, 4) is 11.5 Å². The lowest BCUT2D eigenvalue weighted by Crippen LogP contribution is -2.32. The molecule has 4 rings (SSSR count). The Kier molecular flexibility index (Phi) is 10.9. The molecule has 9 nitrogen and oxygen atoms in total. The Morgan fingerprint density at radius 3 is 1.89 bits per heavy atom. The van der Waals surface area contributed by atoms with Gasteiger partial charge in [-0.2, -0.15) is 0 Å². The van der Waals surface area contributed by atoms with E-state index in [1.54, 1.807) is 60.7 Å². The largest absolute Gasteiger partial charge is 0.465 e. The number of rotatable bonds is 14. The topological polar surface area (TPSA) is 119 Å². The van der Waals surface area contributed by atoms with Crippen LogP contribution in [0.3, 0.4) is 0 Å². The molecule has 0 saturated heterocycles. The number of hydrogen-bond acceptors (Lipinski definition) is 7. The smallest absolute Gasteiger partial charge is 0.340 e. The van der Waals surface area contributed by atoms with Gasteiger partial charge in [-0.3, -0.25) is 9.03 Å². The van der Waals surface area contributed by atoms with Gasteiger partial charge in [0.25, 0.3) is 20.0 Å². The lowest BCUT2D eigenvalue weighted by Gasteiger charge is -2.25. The summed E-state index contributed by atoms with van der Waals surface area (Å²) in [5, 5.41) is 0. The number of unbranched alkanes of at least 4 members (excludes halogenated alkanes) is 3. The molecule has 238 valence electrons. The zero-order chi connectivity index (χ0) is 32.6. The summed E-state index contributed by atoms with van der Waals surface area (Å²) < 4.78 is 68.0. The first-order valence-electron chi connectivity index (χ1n) is 14.6. The van der Waals surface area contributed by atoms with Crippen LogP contribution < -0.4 is 13.8 Å². The summed E-state index contributed by atoms with van der Waals surface area (Å²) in [5.74, 6) is -0.108. The molecule has 0 atom stereocenters. The Morgan fingerprint density at radius 1 is 0.733 bits per heavy atom. The molecule has 45 heavy (non-hydrogen) atoms. The van der Waals surface area contributed by atoms with Crippen LogP contribution in [-0.4, -0.2) is 36.5 Å². The van der Waals surface area contributed by atoms with Gasteiger partial charge in [0.2, 0.25) is 0 Å². The van der Waals surface area contributed by atoms with Crippen LogP contribution in [0.15, 0.2) is 101 Å². The first-order chi connectivity index (χ1) is 21.4. The Labute approximate surface area is 265 Å². The standard InChI is InChI=1S/C34H38N2O7S2/c1-5-6-7-8-23-36(45(40,41)31-20-11-26(3)12-21-31)27-13-15-28(16-14-27)43-29-17-22-33(32(24-29)34(37)42-4)35-44(38,39)30-18-9-25(2)10-19-30/h9-22,24,35H,5-8,23H2,1-4H3. The molecule has 0 bridgehead atoms. The number of methoxy groups -OCH3 is 1. The lowest BCUT2D eigenvalue weighted by atomic mass is 10.1. The fourth-order valence-electron chi connectivity index (χ4n) is 4.60. The van der Waals surface area contributed by atoms with Crippen LogP contribution in [0, 0.1) is 13.8 Å². The minimum absolute atomic E-state index is 0.0325. The highest BCUT2D eigenvalue weighted by Crippen LogP contribution is 2.31. The van der Waals surface area contributed by atoms with Crippen LogP contribution in [-0.2, 0) is 24.8 Å². The molecule has 4 aromatic carbocycles. The minimum atomic E-state index is -3.98. The quantitative estimate of drug-likeness (QED) is 0.111. The lowest BCUT2D eigenvalue weighted by molar-refractivity contribution is 0.0601. The molecular weight excluding hydrogens is 613 g/mol. The molecule has 0 fully saturated rings. The fraction of sp³-hybridized carbons (Fsp3) is 0.265. The maximum atomic E-state index is 13.7. The van der Waals surface area contributed by atoms with E-state index in [0.717, 1.165) is 30.4 Å². The van der Waals surface area contributed by atoms with Crippen molar-refractivity contribution in [2.24, 2.45) is 0 Å². The Hall–Kier alpha value is -4.35. The molecule has 0 radical (unpaired) electrons. The van der Waals surface area contributed by atoms with Gasteiger partial charge in [0, 0.05) is 6.54 Å². The number of benzene rings is 4. The van der Waals surface area contributed by atoms with Crippen molar-refractivity contribution in [1.29, 1.82) is 0 Å². The van der Waals surface area contributed by atoms with Crippen molar-refractivity contribution in [3.63, 3.8) is 0 Å². The number of nitrogens with one attached hydrogen (secondary N) is 1. The van der Waals surface area contributed by atoms with Crippen LogP contribution >= 0.6 is 0 Å². The highest BCUT2D eigenvalue weighted by atomic mass is 32.2. The Bertz CT molecular complexity index is 1820. The molecule has 0 amide bonds. The van der Waals surface area contributed by atoms with Gasteiger partial charge >= 0.3 is 5.97 Å². The summed E-state index contributed by atoms with van der Waals surface area (Å²) in [7, 11) is -6.58. The van der Waals surface area contributed by atoms with E-state index in [-0.39, 0.29) is 26.8 Å². The van der Waals surface area contributed by atoms with Crippen molar-refractivity contribution >= 4 is 37.4 Å². The summed E-state index contributed by atoms with van der Waals surface area (Å²) in [5.41, 5.74) is 2.37. The molecule has 0 saturated carbocycles. The molecule has 0 unspecified atom stereocenters. The van der Waals surface area contributed by atoms with E-state index in [9.17, 15) is 21.6 Å². The van der Waals surface area contributed by atoms with Crippen molar-refractivity contribution < 1.29 is 31.1 Å². The van der Waals surface area contributed by atoms with Crippen molar-refractivity contribution in [2.45, 2.75) is 56.2 Å². The van der Waals surface area contributed by atoms with E-state index in [1.807, 2.05) is 13.8 Å². The third-order valence-electron chi connectivity index (χ3n) is 7.16. The van der Waals surface area contributed by atoms with Crippen molar-refractivity contribution in [1.82, 2.24) is 0 Å². The molecule has 0 aromatic heterocycles. The third-order valence-corrected chi connectivity index (χ3v) is 10.4. The SMILES string of the molecule is CCCCCCN(c1ccc(Oc2ccc(NS(=O)(=O)c3ccc(C)cc3)c(C(=O)OC)c2)cc1)S(=O)(=O)c1ccc(C)cc1. The normalized spacial score (nSPS) is 11.6. The average Bonchev–Trinajstić information content (AvgIpc) is 3.02. The predicted molar refractivity (Wildman–Crippen MR) is 176 cm³/mol. The van der Waals surface area contributed by atoms with Crippen LogP contribution in [0.25, 0.3) is 0 Å². The summed E-state index contributed by atoms with van der Waals surface area (Å²) in [6.07, 6.45) is 3.68. The van der Waals surface area contributed by atoms with Gasteiger partial charge in [0.15, 0.2) is 0 Å². The van der Waals surface area contributed by atoms with Gasteiger partial charge in [-0.25, -0.2) is 21.6 Å². The molecule has 4 aromatic rings. The minimum Gasteiger partial charge on any atom is -0.465 e. The second-order valence-electron chi connectivity index (χ2n) is 10.7. The van der Waals surface area contributed by atoms with Gasteiger partial charge in [-0.05, 0) is 87.0 Å². The zero-order valence-electron chi connectivity index (χ0n) is 25.8. The number of carbonyl (C=O) groups is 1. The summed E-state index contributed by atoms with van der Waals surface area (Å²) in [4.78, 5) is 12.9. The van der Waals surface area contributed by atoms with E-state index < -0.39 is 26.0 Å². The van der Waals surface area contributed by atoms with E-state index in [1.165, 1.54) is 41.7 Å². The molecular formula is C34H38N2O7S2. The highest BCUT2D eigenvalue weighted by molar-refractivity contribution is 7.93. The first-order valence-corrected chi connectivity index (χ1v) is 17.6. The molecule has 1 N–H and O–H groups in total. The summed E-state index contributed by atoms with van der Waals surface area (Å²) in [6, 6.07) is 24.1. The van der Waals surface area contributed by atoms with E-state index in [2.05, 4.69) is 11.6 Å². The van der Waals surface area contributed by atoms with Crippen LogP contribution in [0.4, 0.5) is 11.4 Å². The molecule has 0 aliphatic heterocycles. The molecule has 0 heterocycles. The second kappa shape index (κ2) is 14.6. The third kappa shape index (κ3) is 8.43. The van der Waals surface area contributed by atoms with Gasteiger partial charge in [-0.1, -0.05) is 61.6 Å². The molecule has 11 heteroatoms. The van der Waals surface area contributed by atoms with Gasteiger partial charge < -0.3 is 9.47 Å². The van der Waals surface area contributed by atoms with E-state index in [0.29, 0.717) is 24.4 Å². The van der Waals surface area contributed by atoms with Gasteiger partial charge in [0.05, 0.1) is 33.8 Å². The Balaban J connectivity index is 1.58. The Morgan fingerprint density at radius 2 is 1.31 bits per heavy atom. The zero-order valence-corrected chi connectivity index (χ0v) is 27.5. The van der Waals surface area contributed by atoms with Crippen molar-refractivity contribution in [3.05, 3.63) is 108 Å². The van der Waals surface area contributed by atoms with E-state index in [4.69, 9.17) is 9.47 Å². The molecule has 0 spiro atoms. The van der Waals surface area contributed by atoms with Crippen LogP contribution in [0.2, 0.25) is 0 Å². The van der Waals surface area contributed by atoms with E-state index >= 15 is 0 Å². The maximum Gasteiger partial charge on any atom is 0.340 e. The number of esters is 1. The molecule has 0 aliphatic rings. The first kappa shape index (κ1) is 33.5. The van der Waals surface area contributed by atoms with Crippen molar-refractivity contribution in [2.75, 3.05) is 22.7 Å². The number of ether oxygens (including phenoxy) is 2. The van der Waals surface area contributed by atoms with Crippen LogP contribution in [0.5, 0.6) is 11.5 Å². The number of carbonyl (C=O) groups excluding carboxylic acids is 1. The predicted octanol–water partition coefficient (Wildman–Crippen LogP) is 7.46. The van der Waals surface area contributed by atoms with Gasteiger partial charge in [-0.15, -0.1) is 0 Å². The summed E-state index contributed by atoms with van der Waals surface area (Å²) in [6.45, 7) is 6.19. The summed E-state index contributed by atoms with van der Waals surface area (Å²) >= 11 is 0. The number of anilines is 2. The van der Waals surface area contributed by atoms with Crippen LogP contribution in [0.1, 0.15) is 54.1 Å².